The molecule has 0 saturated carbocycles. The number of nitrogens with one attached hydrogen (secondary N) is 3. The molecule has 31 heavy (non-hydrogen) atoms. The van der Waals surface area contributed by atoms with Gasteiger partial charge >= 0.3 is 0 Å². The van der Waals surface area contributed by atoms with Crippen LogP contribution in [0.2, 0.25) is 0 Å². The number of unbranched alkanes of at least 4 members (excludes halogenated alkanes) is 3. The first-order valence-corrected chi connectivity index (χ1v) is 11.2. The average molecular weight is 426 g/mol. The van der Waals surface area contributed by atoms with Gasteiger partial charge < -0.3 is 20.7 Å². The Bertz CT molecular complexity index is 821. The molecule has 2 rings (SSSR count). The van der Waals surface area contributed by atoms with Gasteiger partial charge in [0.25, 0.3) is 5.91 Å². The van der Waals surface area contributed by atoms with Crippen molar-refractivity contribution in [2.24, 2.45) is 0 Å². The number of amides is 2. The van der Waals surface area contributed by atoms with Gasteiger partial charge in [-0.1, -0.05) is 39.2 Å². The molecule has 0 radical (unpaired) electrons. The smallest absolute Gasteiger partial charge is 0.251 e. The van der Waals surface area contributed by atoms with Crippen molar-refractivity contribution in [2.75, 3.05) is 23.8 Å². The third-order valence-corrected chi connectivity index (χ3v) is 4.97. The van der Waals surface area contributed by atoms with Crippen molar-refractivity contribution in [1.29, 1.82) is 0 Å². The Hall–Kier alpha value is -3.02. The second-order valence-corrected chi connectivity index (χ2v) is 7.70. The Labute approximate surface area is 185 Å². The van der Waals surface area contributed by atoms with Crippen molar-refractivity contribution in [1.82, 2.24) is 5.32 Å². The summed E-state index contributed by atoms with van der Waals surface area (Å²) in [6, 6.07) is 14.7. The van der Waals surface area contributed by atoms with E-state index in [0.29, 0.717) is 17.9 Å². The van der Waals surface area contributed by atoms with Crippen LogP contribution in [0.15, 0.2) is 48.5 Å². The Morgan fingerprint density at radius 1 is 0.968 bits per heavy atom. The average Bonchev–Trinajstić information content (AvgIpc) is 2.78. The van der Waals surface area contributed by atoms with Crippen LogP contribution in [0.4, 0.5) is 11.4 Å². The normalized spacial score (nSPS) is 11.5. The summed E-state index contributed by atoms with van der Waals surface area (Å²) in [6.45, 7) is 7.00. The van der Waals surface area contributed by atoms with E-state index in [2.05, 4.69) is 22.9 Å². The van der Waals surface area contributed by atoms with Crippen molar-refractivity contribution in [3.05, 3.63) is 54.1 Å². The van der Waals surface area contributed by atoms with Gasteiger partial charge in [-0.2, -0.15) is 0 Å². The number of anilines is 2. The van der Waals surface area contributed by atoms with Gasteiger partial charge in [0.2, 0.25) is 5.91 Å². The second kappa shape index (κ2) is 13.3. The van der Waals surface area contributed by atoms with Crippen LogP contribution in [-0.4, -0.2) is 31.0 Å². The van der Waals surface area contributed by atoms with Crippen molar-refractivity contribution in [3.63, 3.8) is 0 Å². The monoisotopic (exact) mass is 425 g/mol. The highest BCUT2D eigenvalue weighted by Crippen LogP contribution is 2.18. The van der Waals surface area contributed by atoms with Crippen LogP contribution in [-0.2, 0) is 4.79 Å². The van der Waals surface area contributed by atoms with Gasteiger partial charge in [0.05, 0.1) is 13.2 Å². The Kier molecular flexibility index (Phi) is 10.4. The lowest BCUT2D eigenvalue weighted by Crippen LogP contribution is -2.31. The number of carbonyl (C=O) groups is 2. The maximum atomic E-state index is 12.3. The van der Waals surface area contributed by atoms with E-state index in [9.17, 15) is 9.59 Å². The van der Waals surface area contributed by atoms with Gasteiger partial charge in [0.1, 0.15) is 5.75 Å². The number of carbonyl (C=O) groups excluding carboxylic acids is 2. The quantitative estimate of drug-likeness (QED) is 0.384. The molecule has 6 heteroatoms. The van der Waals surface area contributed by atoms with Crippen molar-refractivity contribution in [3.8, 4) is 5.75 Å². The molecule has 0 saturated heterocycles. The molecule has 1 atom stereocenters. The zero-order valence-electron chi connectivity index (χ0n) is 18.9. The highest BCUT2D eigenvalue weighted by atomic mass is 16.5. The zero-order chi connectivity index (χ0) is 22.5. The van der Waals surface area contributed by atoms with Crippen molar-refractivity contribution in [2.45, 2.75) is 58.9 Å². The number of benzene rings is 2. The molecule has 168 valence electrons. The van der Waals surface area contributed by atoms with Gasteiger partial charge in [-0.3, -0.25) is 9.59 Å². The highest BCUT2D eigenvalue weighted by molar-refractivity contribution is 5.95. The summed E-state index contributed by atoms with van der Waals surface area (Å²) < 4.78 is 5.77. The van der Waals surface area contributed by atoms with Crippen LogP contribution >= 0.6 is 0 Å². The van der Waals surface area contributed by atoms with E-state index in [1.807, 2.05) is 38.1 Å². The number of hydrogen-bond donors (Lipinski definition) is 3. The predicted molar refractivity (Wildman–Crippen MR) is 127 cm³/mol. The van der Waals surface area contributed by atoms with Crippen LogP contribution in [0.25, 0.3) is 0 Å². The summed E-state index contributed by atoms with van der Waals surface area (Å²) >= 11 is 0. The van der Waals surface area contributed by atoms with E-state index in [-0.39, 0.29) is 24.4 Å². The molecule has 0 aliphatic carbocycles. The first-order valence-electron chi connectivity index (χ1n) is 11.2. The molecule has 0 fully saturated rings. The highest BCUT2D eigenvalue weighted by Gasteiger charge is 2.09. The Balaban J connectivity index is 1.77. The minimum atomic E-state index is -0.154. The summed E-state index contributed by atoms with van der Waals surface area (Å²) in [6.07, 6.45) is 5.51. The van der Waals surface area contributed by atoms with Gasteiger partial charge in [0.15, 0.2) is 0 Å². The number of hydrogen-bond acceptors (Lipinski definition) is 4. The zero-order valence-corrected chi connectivity index (χ0v) is 18.9. The predicted octanol–water partition coefficient (Wildman–Crippen LogP) is 5.22. The number of ether oxygens (including phenoxy) is 1. The van der Waals surface area contributed by atoms with Crippen molar-refractivity contribution >= 4 is 23.2 Å². The van der Waals surface area contributed by atoms with Gasteiger partial charge in [-0.15, -0.1) is 0 Å². The Morgan fingerprint density at radius 3 is 2.45 bits per heavy atom. The summed E-state index contributed by atoms with van der Waals surface area (Å²) in [5.74, 6) is 0.512. The topological polar surface area (TPSA) is 79.5 Å². The Morgan fingerprint density at radius 2 is 1.74 bits per heavy atom. The molecular formula is C25H35N3O3. The first-order chi connectivity index (χ1) is 15.0. The molecule has 2 aromatic rings. The summed E-state index contributed by atoms with van der Waals surface area (Å²) in [4.78, 5) is 24.4. The first kappa shape index (κ1) is 24.3. The van der Waals surface area contributed by atoms with Gasteiger partial charge in [0, 0.05) is 29.0 Å². The molecule has 3 N–H and O–H groups in total. The largest absolute Gasteiger partial charge is 0.494 e. The SMILES string of the molecule is CCCCCCOc1cccc(NC(=O)CNc2ccc(C(=O)NC(C)CC)cc2)c1. The van der Waals surface area contributed by atoms with Crippen LogP contribution in [0.5, 0.6) is 5.75 Å². The van der Waals surface area contributed by atoms with Gasteiger partial charge in [-0.05, 0) is 56.2 Å². The molecule has 0 spiro atoms. The third-order valence-electron chi connectivity index (χ3n) is 4.97. The molecule has 0 aliphatic heterocycles. The fraction of sp³-hybridized carbons (Fsp3) is 0.440. The van der Waals surface area contributed by atoms with Crippen molar-refractivity contribution < 1.29 is 14.3 Å². The molecule has 0 aliphatic rings. The molecule has 6 nitrogen and oxygen atoms in total. The fourth-order valence-electron chi connectivity index (χ4n) is 2.92. The number of rotatable bonds is 13. The fourth-order valence-corrected chi connectivity index (χ4v) is 2.92. The summed E-state index contributed by atoms with van der Waals surface area (Å²) in [5.41, 5.74) is 2.08. The van der Waals surface area contributed by atoms with E-state index in [1.165, 1.54) is 19.3 Å². The summed E-state index contributed by atoms with van der Waals surface area (Å²) in [7, 11) is 0. The minimum absolute atomic E-state index is 0.0916. The minimum Gasteiger partial charge on any atom is -0.494 e. The molecular weight excluding hydrogens is 390 g/mol. The molecule has 1 unspecified atom stereocenters. The van der Waals surface area contributed by atoms with Gasteiger partial charge in [-0.25, -0.2) is 0 Å². The van der Waals surface area contributed by atoms with E-state index < -0.39 is 0 Å². The van der Waals surface area contributed by atoms with Crippen LogP contribution in [0.1, 0.15) is 63.2 Å². The molecule has 2 amide bonds. The maximum absolute atomic E-state index is 12.3. The lowest BCUT2D eigenvalue weighted by molar-refractivity contribution is -0.114. The third kappa shape index (κ3) is 9.11. The van der Waals surface area contributed by atoms with Crippen LogP contribution in [0.3, 0.4) is 0 Å². The lowest BCUT2D eigenvalue weighted by atomic mass is 10.1. The van der Waals surface area contributed by atoms with Crippen LogP contribution in [0, 0.1) is 0 Å². The molecule has 0 aromatic heterocycles. The second-order valence-electron chi connectivity index (χ2n) is 7.70. The standard InChI is InChI=1S/C25H35N3O3/c1-4-6-7-8-16-31-23-11-9-10-22(17-23)28-24(29)18-26-21-14-12-20(13-15-21)25(30)27-19(3)5-2/h9-15,17,19,26H,4-8,16,18H2,1-3H3,(H,27,30)(H,28,29). The lowest BCUT2D eigenvalue weighted by Gasteiger charge is -2.12. The summed E-state index contributed by atoms with van der Waals surface area (Å²) in [5, 5.41) is 8.89. The van der Waals surface area contributed by atoms with E-state index >= 15 is 0 Å². The molecule has 2 aromatic carbocycles. The van der Waals surface area contributed by atoms with E-state index in [4.69, 9.17) is 4.74 Å². The van der Waals surface area contributed by atoms with E-state index in [0.717, 1.165) is 24.3 Å². The molecule has 0 bridgehead atoms. The molecule has 0 heterocycles. The maximum Gasteiger partial charge on any atom is 0.251 e. The van der Waals surface area contributed by atoms with Crippen LogP contribution < -0.4 is 20.7 Å². The van der Waals surface area contributed by atoms with E-state index in [1.54, 1.807) is 24.3 Å².